The third kappa shape index (κ3) is 5.31. The van der Waals surface area contributed by atoms with Crippen LogP contribution in [0.1, 0.15) is 19.8 Å². The molecule has 0 aliphatic carbocycles. The summed E-state index contributed by atoms with van der Waals surface area (Å²) in [6, 6.07) is 6.55. The van der Waals surface area contributed by atoms with Crippen LogP contribution < -0.4 is 20.9 Å². The molecule has 0 unspecified atom stereocenters. The normalized spacial score (nSPS) is 15.2. The molecule has 3 N–H and O–H groups in total. The SMILES string of the molecule is C=C(C)NCCNC(=C)NC1CCN(c2ccccn2)CC1. The third-order valence-corrected chi connectivity index (χ3v) is 3.74. The van der Waals surface area contributed by atoms with Gasteiger partial charge in [0.25, 0.3) is 0 Å². The highest BCUT2D eigenvalue weighted by Crippen LogP contribution is 2.17. The van der Waals surface area contributed by atoms with E-state index in [0.29, 0.717) is 6.04 Å². The fraction of sp³-hybridized carbons (Fsp3) is 0.471. The zero-order chi connectivity index (χ0) is 15.8. The first-order valence-electron chi connectivity index (χ1n) is 7.90. The van der Waals surface area contributed by atoms with Gasteiger partial charge in [-0.15, -0.1) is 0 Å². The van der Waals surface area contributed by atoms with Crippen LogP contribution in [0.15, 0.2) is 49.1 Å². The average molecular weight is 301 g/mol. The molecule has 2 rings (SSSR count). The van der Waals surface area contributed by atoms with E-state index in [-0.39, 0.29) is 0 Å². The first-order chi connectivity index (χ1) is 10.6. The Morgan fingerprint density at radius 2 is 1.95 bits per heavy atom. The lowest BCUT2D eigenvalue weighted by atomic mass is 10.1. The minimum absolute atomic E-state index is 0.481. The van der Waals surface area contributed by atoms with Crippen molar-refractivity contribution < 1.29 is 0 Å². The largest absolute Gasteiger partial charge is 0.387 e. The molecule has 0 amide bonds. The third-order valence-electron chi connectivity index (χ3n) is 3.74. The molecule has 22 heavy (non-hydrogen) atoms. The van der Waals surface area contributed by atoms with Crippen molar-refractivity contribution >= 4 is 5.82 Å². The van der Waals surface area contributed by atoms with Crippen LogP contribution in [0.3, 0.4) is 0 Å². The van der Waals surface area contributed by atoms with E-state index in [1.54, 1.807) is 0 Å². The molecule has 0 saturated carbocycles. The van der Waals surface area contributed by atoms with Gasteiger partial charge in [0.2, 0.25) is 0 Å². The molecule has 0 bridgehead atoms. The second-order valence-electron chi connectivity index (χ2n) is 5.71. The van der Waals surface area contributed by atoms with Crippen LogP contribution in [0, 0.1) is 0 Å². The van der Waals surface area contributed by atoms with Crippen LogP contribution in [0.25, 0.3) is 0 Å². The van der Waals surface area contributed by atoms with E-state index in [9.17, 15) is 0 Å². The molecular weight excluding hydrogens is 274 g/mol. The van der Waals surface area contributed by atoms with Gasteiger partial charge >= 0.3 is 0 Å². The molecule has 1 fully saturated rings. The Kier molecular flexibility index (Phi) is 6.13. The number of allylic oxidation sites excluding steroid dienone is 1. The predicted molar refractivity (Wildman–Crippen MR) is 92.6 cm³/mol. The van der Waals surface area contributed by atoms with Crippen molar-refractivity contribution in [2.75, 3.05) is 31.1 Å². The first-order valence-corrected chi connectivity index (χ1v) is 7.90. The Morgan fingerprint density at radius 3 is 2.59 bits per heavy atom. The lowest BCUT2D eigenvalue weighted by Gasteiger charge is -2.34. The number of pyridine rings is 1. The van der Waals surface area contributed by atoms with Crippen molar-refractivity contribution in [3.05, 3.63) is 49.1 Å². The molecule has 0 radical (unpaired) electrons. The maximum atomic E-state index is 4.41. The Bertz CT molecular complexity index is 477. The molecule has 5 heteroatoms. The molecule has 120 valence electrons. The van der Waals surface area contributed by atoms with Crippen molar-refractivity contribution in [3.8, 4) is 0 Å². The van der Waals surface area contributed by atoms with E-state index in [2.05, 4.69) is 45.1 Å². The molecule has 1 aliphatic heterocycles. The summed E-state index contributed by atoms with van der Waals surface area (Å²) in [5.41, 5.74) is 0.988. The Hall–Kier alpha value is -2.17. The van der Waals surface area contributed by atoms with E-state index >= 15 is 0 Å². The topological polar surface area (TPSA) is 52.2 Å². The number of rotatable bonds is 8. The Balaban J connectivity index is 1.64. The maximum absolute atomic E-state index is 4.41. The van der Waals surface area contributed by atoms with Crippen LogP contribution in [0.2, 0.25) is 0 Å². The number of nitrogens with zero attached hydrogens (tertiary/aromatic N) is 2. The van der Waals surface area contributed by atoms with Gasteiger partial charge in [0.05, 0.1) is 5.82 Å². The molecule has 1 aromatic heterocycles. The van der Waals surface area contributed by atoms with Crippen LogP contribution in [0.5, 0.6) is 0 Å². The van der Waals surface area contributed by atoms with Gasteiger partial charge in [0.1, 0.15) is 5.82 Å². The summed E-state index contributed by atoms with van der Waals surface area (Å²) in [6.45, 7) is 13.6. The quantitative estimate of drug-likeness (QED) is 0.640. The van der Waals surface area contributed by atoms with Gasteiger partial charge in [-0.25, -0.2) is 4.98 Å². The first kappa shape index (κ1) is 16.2. The zero-order valence-electron chi connectivity index (χ0n) is 13.4. The number of piperidine rings is 1. The average Bonchev–Trinajstić information content (AvgIpc) is 2.53. The molecule has 0 atom stereocenters. The van der Waals surface area contributed by atoms with Gasteiger partial charge in [-0.3, -0.25) is 0 Å². The molecule has 1 aliphatic rings. The van der Waals surface area contributed by atoms with E-state index in [1.807, 2.05) is 25.3 Å². The van der Waals surface area contributed by atoms with Gasteiger partial charge in [0, 0.05) is 44.1 Å². The van der Waals surface area contributed by atoms with Gasteiger partial charge in [0.15, 0.2) is 0 Å². The second kappa shape index (κ2) is 8.32. The lowest BCUT2D eigenvalue weighted by molar-refractivity contribution is 0.432. The highest BCUT2D eigenvalue weighted by molar-refractivity contribution is 5.38. The maximum Gasteiger partial charge on any atom is 0.128 e. The van der Waals surface area contributed by atoms with Crippen molar-refractivity contribution in [1.29, 1.82) is 0 Å². The van der Waals surface area contributed by atoms with Crippen molar-refractivity contribution in [1.82, 2.24) is 20.9 Å². The van der Waals surface area contributed by atoms with Crippen LogP contribution in [-0.2, 0) is 0 Å². The Labute approximate surface area is 133 Å². The standard InChI is InChI=1S/C17H27N5/c1-14(2)18-10-11-19-15(3)21-16-7-12-22(13-8-16)17-6-4-5-9-20-17/h4-6,9,16,18-19,21H,1,3,7-8,10-13H2,2H3. The minimum atomic E-state index is 0.481. The summed E-state index contributed by atoms with van der Waals surface area (Å²) in [4.78, 5) is 6.75. The van der Waals surface area contributed by atoms with Gasteiger partial charge in [-0.1, -0.05) is 19.2 Å². The molecule has 1 aromatic rings. The molecule has 5 nitrogen and oxygen atoms in total. The van der Waals surface area contributed by atoms with E-state index in [0.717, 1.165) is 56.4 Å². The number of hydrogen-bond donors (Lipinski definition) is 3. The summed E-state index contributed by atoms with van der Waals surface area (Å²) in [5.74, 6) is 1.98. The molecule has 0 spiro atoms. The summed E-state index contributed by atoms with van der Waals surface area (Å²) in [6.07, 6.45) is 4.05. The highest BCUT2D eigenvalue weighted by Gasteiger charge is 2.19. The highest BCUT2D eigenvalue weighted by atomic mass is 15.2. The van der Waals surface area contributed by atoms with Crippen LogP contribution in [-0.4, -0.2) is 37.2 Å². The van der Waals surface area contributed by atoms with E-state index < -0.39 is 0 Å². The summed E-state index contributed by atoms with van der Waals surface area (Å²) in [5, 5.41) is 9.96. The number of nitrogens with one attached hydrogen (secondary N) is 3. The van der Waals surface area contributed by atoms with E-state index in [4.69, 9.17) is 0 Å². The minimum Gasteiger partial charge on any atom is -0.387 e. The number of hydrogen-bond acceptors (Lipinski definition) is 5. The smallest absolute Gasteiger partial charge is 0.128 e. The van der Waals surface area contributed by atoms with Gasteiger partial charge in [-0.2, -0.15) is 0 Å². The molecule has 0 aromatic carbocycles. The predicted octanol–water partition coefficient (Wildman–Crippen LogP) is 1.82. The number of anilines is 1. The van der Waals surface area contributed by atoms with Crippen molar-refractivity contribution in [2.24, 2.45) is 0 Å². The van der Waals surface area contributed by atoms with Crippen LogP contribution >= 0.6 is 0 Å². The summed E-state index contributed by atoms with van der Waals surface area (Å²) >= 11 is 0. The fourth-order valence-corrected chi connectivity index (χ4v) is 2.58. The van der Waals surface area contributed by atoms with Crippen molar-refractivity contribution in [2.45, 2.75) is 25.8 Å². The summed E-state index contributed by atoms with van der Waals surface area (Å²) in [7, 11) is 0. The van der Waals surface area contributed by atoms with Crippen molar-refractivity contribution in [3.63, 3.8) is 0 Å². The molecule has 1 saturated heterocycles. The fourth-order valence-electron chi connectivity index (χ4n) is 2.58. The van der Waals surface area contributed by atoms with Gasteiger partial charge in [-0.05, 0) is 31.9 Å². The molecular formula is C17H27N5. The Morgan fingerprint density at radius 1 is 1.23 bits per heavy atom. The molecule has 2 heterocycles. The monoisotopic (exact) mass is 301 g/mol. The lowest BCUT2D eigenvalue weighted by Crippen LogP contribution is -2.44. The summed E-state index contributed by atoms with van der Waals surface area (Å²) < 4.78 is 0. The number of aromatic nitrogens is 1. The zero-order valence-corrected chi connectivity index (χ0v) is 13.4. The van der Waals surface area contributed by atoms with Gasteiger partial charge < -0.3 is 20.9 Å². The van der Waals surface area contributed by atoms with E-state index in [1.165, 1.54) is 0 Å². The van der Waals surface area contributed by atoms with Crippen LogP contribution in [0.4, 0.5) is 5.82 Å². The second-order valence-corrected chi connectivity index (χ2v) is 5.71.